The third-order valence-electron chi connectivity index (χ3n) is 2.08. The summed E-state index contributed by atoms with van der Waals surface area (Å²) >= 11 is 4.63. The predicted molar refractivity (Wildman–Crippen MR) is 72.2 cm³/mol. The van der Waals surface area contributed by atoms with Crippen LogP contribution in [-0.2, 0) is 0 Å². The second kappa shape index (κ2) is 6.80. The Hall–Kier alpha value is -0.820. The van der Waals surface area contributed by atoms with Crippen molar-refractivity contribution >= 4 is 39.1 Å². The van der Waals surface area contributed by atoms with E-state index in [1.165, 1.54) is 6.07 Å². The van der Waals surface area contributed by atoms with Gasteiger partial charge in [-0.05, 0) is 34.4 Å². The zero-order chi connectivity index (χ0) is 12.8. The summed E-state index contributed by atoms with van der Waals surface area (Å²) in [5.74, 6) is 0.447. The third kappa shape index (κ3) is 4.16. The zero-order valence-corrected chi connectivity index (χ0v) is 11.6. The van der Waals surface area contributed by atoms with E-state index in [0.29, 0.717) is 6.54 Å². The number of halogens is 2. The average molecular weight is 323 g/mol. The number of nitrogens with zero attached hydrogens (tertiary/aromatic N) is 1. The van der Waals surface area contributed by atoms with Crippen LogP contribution in [0.25, 0.3) is 0 Å². The molecule has 0 spiro atoms. The van der Waals surface area contributed by atoms with E-state index >= 15 is 0 Å². The first kappa shape index (κ1) is 14.2. The van der Waals surface area contributed by atoms with Crippen LogP contribution in [0.2, 0.25) is 0 Å². The lowest BCUT2D eigenvalue weighted by molar-refractivity contribution is -0.384. The molecule has 7 heteroatoms. The Bertz CT molecular complexity index is 418. The van der Waals surface area contributed by atoms with Crippen LogP contribution in [0.1, 0.15) is 6.42 Å². The number of benzene rings is 1. The van der Waals surface area contributed by atoms with Crippen LogP contribution < -0.4 is 5.32 Å². The first-order valence-corrected chi connectivity index (χ1v) is 7.11. The minimum atomic E-state index is -0.527. The second-order valence-corrected chi connectivity index (χ2v) is 5.15. The third-order valence-corrected chi connectivity index (χ3v) is 3.38. The summed E-state index contributed by atoms with van der Waals surface area (Å²) in [5, 5.41) is 13.7. The molecule has 0 radical (unpaired) electrons. The highest BCUT2D eigenvalue weighted by atomic mass is 79.9. The number of thioether (sulfide) groups is 1. The summed E-state index contributed by atoms with van der Waals surface area (Å²) in [4.78, 5) is 10.3. The normalized spacial score (nSPS) is 10.3. The van der Waals surface area contributed by atoms with Crippen LogP contribution in [0, 0.1) is 15.9 Å². The lowest BCUT2D eigenvalue weighted by Gasteiger charge is -2.07. The molecule has 0 amide bonds. The summed E-state index contributed by atoms with van der Waals surface area (Å²) in [6, 6.07) is 2.31. The molecule has 0 atom stereocenters. The molecule has 0 aliphatic heterocycles. The fourth-order valence-corrected chi connectivity index (χ4v) is 2.03. The smallest absolute Gasteiger partial charge is 0.293 e. The van der Waals surface area contributed by atoms with Crippen molar-refractivity contribution in [3.63, 3.8) is 0 Å². The Morgan fingerprint density at radius 3 is 2.88 bits per heavy atom. The lowest BCUT2D eigenvalue weighted by Crippen LogP contribution is -2.05. The molecular formula is C10H12BrFN2O2S. The number of rotatable bonds is 6. The van der Waals surface area contributed by atoms with Crippen molar-refractivity contribution in [2.75, 3.05) is 23.9 Å². The van der Waals surface area contributed by atoms with Gasteiger partial charge in [-0.2, -0.15) is 11.8 Å². The van der Waals surface area contributed by atoms with Gasteiger partial charge in [0.1, 0.15) is 11.5 Å². The van der Waals surface area contributed by atoms with Crippen molar-refractivity contribution in [3.8, 4) is 0 Å². The molecule has 0 bridgehead atoms. The topological polar surface area (TPSA) is 55.2 Å². The molecule has 17 heavy (non-hydrogen) atoms. The number of nitro benzene ring substituents is 1. The lowest BCUT2D eigenvalue weighted by atomic mass is 10.2. The van der Waals surface area contributed by atoms with Gasteiger partial charge in [-0.1, -0.05) is 0 Å². The van der Waals surface area contributed by atoms with Gasteiger partial charge in [0.25, 0.3) is 5.69 Å². The van der Waals surface area contributed by atoms with E-state index in [1.54, 1.807) is 11.8 Å². The van der Waals surface area contributed by atoms with Crippen molar-refractivity contribution in [1.82, 2.24) is 0 Å². The summed E-state index contributed by atoms with van der Waals surface area (Å²) in [7, 11) is 0. The van der Waals surface area contributed by atoms with Gasteiger partial charge < -0.3 is 5.32 Å². The maximum absolute atomic E-state index is 13.3. The van der Waals surface area contributed by atoms with Gasteiger partial charge in [0.15, 0.2) is 0 Å². The summed E-state index contributed by atoms with van der Waals surface area (Å²) in [6.07, 6.45) is 2.86. The average Bonchev–Trinajstić information content (AvgIpc) is 2.28. The Morgan fingerprint density at radius 2 is 2.29 bits per heavy atom. The van der Waals surface area contributed by atoms with Crippen molar-refractivity contribution in [1.29, 1.82) is 0 Å². The molecule has 0 aromatic heterocycles. The van der Waals surface area contributed by atoms with E-state index in [1.807, 2.05) is 6.26 Å². The van der Waals surface area contributed by atoms with Crippen molar-refractivity contribution in [2.24, 2.45) is 0 Å². The maximum Gasteiger partial charge on any atom is 0.293 e. The summed E-state index contributed by atoms with van der Waals surface area (Å²) in [5.41, 5.74) is 0.0965. The number of anilines is 1. The SMILES string of the molecule is CSCCCNc1cc(F)c(Br)cc1[N+](=O)[O-]. The van der Waals surface area contributed by atoms with Gasteiger partial charge in [0, 0.05) is 18.7 Å². The first-order chi connectivity index (χ1) is 8.06. The van der Waals surface area contributed by atoms with Crippen molar-refractivity contribution in [3.05, 3.63) is 32.5 Å². The molecule has 0 fully saturated rings. The van der Waals surface area contributed by atoms with Crippen LogP contribution >= 0.6 is 27.7 Å². The van der Waals surface area contributed by atoms with E-state index in [2.05, 4.69) is 21.2 Å². The Kier molecular flexibility index (Phi) is 5.70. The number of hydrogen-bond acceptors (Lipinski definition) is 4. The highest BCUT2D eigenvalue weighted by Gasteiger charge is 2.16. The minimum Gasteiger partial charge on any atom is -0.379 e. The molecule has 0 saturated carbocycles. The second-order valence-electron chi connectivity index (χ2n) is 3.31. The molecule has 0 heterocycles. The van der Waals surface area contributed by atoms with Gasteiger partial charge in [0.05, 0.1) is 9.40 Å². The van der Waals surface area contributed by atoms with Crippen LogP contribution in [0.3, 0.4) is 0 Å². The molecular weight excluding hydrogens is 311 g/mol. The fourth-order valence-electron chi connectivity index (χ4n) is 1.27. The number of nitro groups is 1. The van der Waals surface area contributed by atoms with E-state index < -0.39 is 10.7 Å². The molecule has 0 saturated heterocycles. The highest BCUT2D eigenvalue weighted by Crippen LogP contribution is 2.30. The Morgan fingerprint density at radius 1 is 1.59 bits per heavy atom. The molecule has 1 rings (SSSR count). The molecule has 94 valence electrons. The monoisotopic (exact) mass is 322 g/mol. The largest absolute Gasteiger partial charge is 0.379 e. The fraction of sp³-hybridized carbons (Fsp3) is 0.400. The molecule has 1 N–H and O–H groups in total. The van der Waals surface area contributed by atoms with Gasteiger partial charge in [0.2, 0.25) is 0 Å². The summed E-state index contributed by atoms with van der Waals surface area (Å²) < 4.78 is 13.4. The quantitative estimate of drug-likeness (QED) is 0.493. The predicted octanol–water partition coefficient (Wildman–Crippen LogP) is 3.66. The van der Waals surface area contributed by atoms with E-state index in [0.717, 1.165) is 18.2 Å². The number of hydrogen-bond donors (Lipinski definition) is 1. The summed E-state index contributed by atoms with van der Waals surface area (Å²) in [6.45, 7) is 0.586. The van der Waals surface area contributed by atoms with Gasteiger partial charge >= 0.3 is 0 Å². The first-order valence-electron chi connectivity index (χ1n) is 4.92. The standard InChI is InChI=1S/C10H12BrFN2O2S/c1-17-4-2-3-13-9-6-8(12)7(11)5-10(9)14(15)16/h5-6,13H,2-4H2,1H3. The van der Waals surface area contributed by atoms with Crippen LogP contribution in [0.5, 0.6) is 0 Å². The molecule has 0 aliphatic rings. The van der Waals surface area contributed by atoms with Gasteiger partial charge in [-0.25, -0.2) is 4.39 Å². The van der Waals surface area contributed by atoms with Crippen LogP contribution in [0.4, 0.5) is 15.8 Å². The zero-order valence-electron chi connectivity index (χ0n) is 9.20. The van der Waals surface area contributed by atoms with Crippen molar-refractivity contribution in [2.45, 2.75) is 6.42 Å². The van der Waals surface area contributed by atoms with Crippen LogP contribution in [-0.4, -0.2) is 23.5 Å². The van der Waals surface area contributed by atoms with Gasteiger partial charge in [-0.15, -0.1) is 0 Å². The van der Waals surface area contributed by atoms with Crippen molar-refractivity contribution < 1.29 is 9.31 Å². The van der Waals surface area contributed by atoms with E-state index in [9.17, 15) is 14.5 Å². The Balaban J connectivity index is 2.81. The van der Waals surface area contributed by atoms with E-state index in [-0.39, 0.29) is 15.8 Å². The number of nitrogens with one attached hydrogen (secondary N) is 1. The minimum absolute atomic E-state index is 0.0962. The van der Waals surface area contributed by atoms with E-state index in [4.69, 9.17) is 0 Å². The Labute approximate surface area is 111 Å². The molecule has 4 nitrogen and oxygen atoms in total. The highest BCUT2D eigenvalue weighted by molar-refractivity contribution is 9.10. The maximum atomic E-state index is 13.3. The molecule has 0 unspecified atom stereocenters. The molecule has 1 aromatic carbocycles. The van der Waals surface area contributed by atoms with Gasteiger partial charge in [-0.3, -0.25) is 10.1 Å². The molecule has 1 aromatic rings. The molecule has 0 aliphatic carbocycles. The van der Waals surface area contributed by atoms with Crippen LogP contribution in [0.15, 0.2) is 16.6 Å².